The average molecular weight is 580 g/mol. The molecule has 0 fully saturated rings. The zero-order valence-corrected chi connectivity index (χ0v) is 23.6. The number of hydrogen-bond donors (Lipinski definition) is 2. The highest BCUT2D eigenvalue weighted by atomic mass is 32.1. The van der Waals surface area contributed by atoms with Gasteiger partial charge in [-0.2, -0.15) is 17.5 Å². The van der Waals surface area contributed by atoms with E-state index in [2.05, 4.69) is 12.6 Å². The zero-order valence-electron chi connectivity index (χ0n) is 22.7. The van der Waals surface area contributed by atoms with Crippen molar-refractivity contribution in [3.8, 4) is 22.3 Å². The van der Waals surface area contributed by atoms with Crippen LogP contribution in [0.5, 0.6) is 0 Å². The molecule has 8 heteroatoms. The van der Waals surface area contributed by atoms with Crippen LogP contribution in [-0.4, -0.2) is 53.2 Å². The zero-order chi connectivity index (χ0) is 29.2. The molecule has 0 aliphatic heterocycles. The second kappa shape index (κ2) is 11.7. The molecule has 0 bridgehead atoms. The molecule has 212 valence electrons. The molecule has 42 heavy (non-hydrogen) atoms. The second-order valence-corrected chi connectivity index (χ2v) is 10.8. The lowest BCUT2D eigenvalue weighted by atomic mass is 9.98. The van der Waals surface area contributed by atoms with Crippen LogP contribution in [0.2, 0.25) is 0 Å². The Morgan fingerprint density at radius 3 is 1.29 bits per heavy atom. The smallest absolute Gasteiger partial charge is 0.420 e. The highest BCUT2D eigenvalue weighted by molar-refractivity contribution is 7.80. The number of hydrogen-bond acceptors (Lipinski definition) is 6. The first kappa shape index (κ1) is 27.6. The van der Waals surface area contributed by atoms with Crippen LogP contribution in [0.3, 0.4) is 0 Å². The largest absolute Gasteiger partial charge is 0.480 e. The quantitative estimate of drug-likeness (QED) is 0.219. The number of aliphatic carboxylic acids is 1. The van der Waals surface area contributed by atoms with Gasteiger partial charge in [-0.25, -0.2) is 14.4 Å². The average Bonchev–Trinajstić information content (AvgIpc) is 3.51. The Hall–Kier alpha value is -4.56. The molecule has 4 aromatic rings. The summed E-state index contributed by atoms with van der Waals surface area (Å²) in [7, 11) is 0. The van der Waals surface area contributed by atoms with E-state index < -0.39 is 24.2 Å². The van der Waals surface area contributed by atoms with Crippen molar-refractivity contribution >= 4 is 30.8 Å². The summed E-state index contributed by atoms with van der Waals surface area (Å²) in [5, 5.41) is 9.96. The van der Waals surface area contributed by atoms with Crippen molar-refractivity contribution in [2.75, 3.05) is 19.0 Å². The van der Waals surface area contributed by atoms with Gasteiger partial charge in [0.1, 0.15) is 19.3 Å². The Balaban J connectivity index is 1.23. The van der Waals surface area contributed by atoms with E-state index in [1.165, 1.54) is 0 Å². The molecule has 6 rings (SSSR count). The third kappa shape index (κ3) is 4.92. The summed E-state index contributed by atoms with van der Waals surface area (Å²) in [5.74, 6) is -1.70. The predicted molar refractivity (Wildman–Crippen MR) is 162 cm³/mol. The number of rotatable bonds is 8. The maximum atomic E-state index is 13.5. The van der Waals surface area contributed by atoms with Gasteiger partial charge in [0.05, 0.1) is 0 Å². The van der Waals surface area contributed by atoms with E-state index >= 15 is 0 Å². The van der Waals surface area contributed by atoms with Crippen molar-refractivity contribution in [1.29, 1.82) is 0 Å². The molecule has 0 spiro atoms. The minimum atomic E-state index is -1.49. The summed E-state index contributed by atoms with van der Waals surface area (Å²) in [6.45, 7) is -0.125. The highest BCUT2D eigenvalue weighted by Gasteiger charge is 2.39. The molecule has 1 atom stereocenters. The summed E-state index contributed by atoms with van der Waals surface area (Å²) in [4.78, 5) is 39.8. The van der Waals surface area contributed by atoms with E-state index in [1.807, 2.05) is 97.1 Å². The van der Waals surface area contributed by atoms with Crippen molar-refractivity contribution in [2.45, 2.75) is 24.3 Å². The molecule has 0 saturated heterocycles. The number of fused-ring (bicyclic) bond motifs is 6. The molecule has 7 nitrogen and oxygen atoms in total. The standard InChI is InChI=1S/C34H29NO6S/c36-32(37)31(17-18-42)35(33(38)40-19-29-25-13-5-1-9-21(25)22-10-2-6-14-26(22)29)34(39)41-20-30-27-15-7-3-11-23(27)24-12-4-8-16-28(24)30/h1-16,29-31,42H,17-20H2,(H,36,37)/t31-/m0/s1. The van der Waals surface area contributed by atoms with E-state index in [9.17, 15) is 19.5 Å². The normalized spacial score (nSPS) is 13.8. The maximum absolute atomic E-state index is 13.5. The Morgan fingerprint density at radius 2 is 0.976 bits per heavy atom. The summed E-state index contributed by atoms with van der Waals surface area (Å²) in [6, 6.07) is 30.1. The Bertz CT molecular complexity index is 1470. The van der Waals surface area contributed by atoms with Crippen LogP contribution in [0, 0.1) is 0 Å². The number of ether oxygens (including phenoxy) is 2. The number of carboxylic acid groups (broad SMARTS) is 1. The lowest BCUT2D eigenvalue weighted by Crippen LogP contribution is -2.49. The highest BCUT2D eigenvalue weighted by Crippen LogP contribution is 2.45. The fourth-order valence-corrected chi connectivity index (χ4v) is 6.39. The SMILES string of the molecule is O=C(O)[C@H](CCS)N(C(=O)OCC1c2ccccc2-c2ccccc21)C(=O)OCC1c2ccccc2-c2ccccc21. The fourth-order valence-electron chi connectivity index (χ4n) is 6.14. The number of carbonyl (C=O) groups is 3. The van der Waals surface area contributed by atoms with E-state index in [0.29, 0.717) is 4.90 Å². The van der Waals surface area contributed by atoms with Gasteiger partial charge in [0, 0.05) is 11.8 Å². The number of thiol groups is 1. The van der Waals surface area contributed by atoms with Crippen molar-refractivity contribution < 1.29 is 29.0 Å². The van der Waals surface area contributed by atoms with Gasteiger partial charge in [0.2, 0.25) is 0 Å². The molecular formula is C34H29NO6S. The number of amides is 2. The molecule has 0 aromatic heterocycles. The molecule has 0 unspecified atom stereocenters. The Morgan fingerprint density at radius 1 is 0.643 bits per heavy atom. The van der Waals surface area contributed by atoms with Crippen molar-refractivity contribution in [3.63, 3.8) is 0 Å². The molecule has 2 aliphatic carbocycles. The third-order valence-electron chi connectivity index (χ3n) is 8.06. The number of imide groups is 1. The summed E-state index contributed by atoms with van der Waals surface area (Å²) in [6.07, 6.45) is -2.20. The minimum absolute atomic E-state index is 0.0623. The van der Waals surface area contributed by atoms with Gasteiger partial charge in [-0.15, -0.1) is 0 Å². The lowest BCUT2D eigenvalue weighted by molar-refractivity contribution is -0.142. The first-order chi connectivity index (χ1) is 20.5. The lowest BCUT2D eigenvalue weighted by Gasteiger charge is -2.27. The van der Waals surface area contributed by atoms with Gasteiger partial charge >= 0.3 is 18.2 Å². The van der Waals surface area contributed by atoms with Crippen LogP contribution >= 0.6 is 12.6 Å². The Kier molecular flexibility index (Phi) is 7.71. The molecule has 0 radical (unpaired) electrons. The first-order valence-corrected chi connectivity index (χ1v) is 14.5. The van der Waals surface area contributed by atoms with E-state index in [4.69, 9.17) is 9.47 Å². The summed E-state index contributed by atoms with van der Waals surface area (Å²) in [5.41, 5.74) is 8.24. The molecule has 4 aromatic carbocycles. The maximum Gasteiger partial charge on any atom is 0.420 e. The summed E-state index contributed by atoms with van der Waals surface area (Å²) >= 11 is 4.16. The molecule has 0 saturated carbocycles. The van der Waals surface area contributed by atoms with Gasteiger partial charge < -0.3 is 14.6 Å². The second-order valence-electron chi connectivity index (χ2n) is 10.3. The first-order valence-electron chi connectivity index (χ1n) is 13.8. The minimum Gasteiger partial charge on any atom is -0.480 e. The molecule has 2 aliphatic rings. The topological polar surface area (TPSA) is 93.1 Å². The van der Waals surface area contributed by atoms with Crippen LogP contribution < -0.4 is 0 Å². The summed E-state index contributed by atoms with van der Waals surface area (Å²) < 4.78 is 11.4. The number of benzene rings is 4. The number of nitrogens with zero attached hydrogens (tertiary/aromatic N) is 1. The number of carboxylic acids is 1. The van der Waals surface area contributed by atoms with E-state index in [1.54, 1.807) is 0 Å². The Labute approximate surface area is 249 Å². The van der Waals surface area contributed by atoms with Crippen molar-refractivity contribution in [1.82, 2.24) is 4.90 Å². The van der Waals surface area contributed by atoms with Gasteiger partial charge in [-0.3, -0.25) is 0 Å². The van der Waals surface area contributed by atoms with Crippen molar-refractivity contribution in [3.05, 3.63) is 119 Å². The van der Waals surface area contributed by atoms with E-state index in [0.717, 1.165) is 44.5 Å². The van der Waals surface area contributed by atoms with Crippen LogP contribution in [0.15, 0.2) is 97.1 Å². The van der Waals surface area contributed by atoms with Gasteiger partial charge in [0.25, 0.3) is 0 Å². The molecule has 0 heterocycles. The van der Waals surface area contributed by atoms with Crippen LogP contribution in [0.1, 0.15) is 40.5 Å². The number of carbonyl (C=O) groups excluding carboxylic acids is 2. The molecule has 1 N–H and O–H groups in total. The van der Waals surface area contributed by atoms with Crippen LogP contribution in [-0.2, 0) is 14.3 Å². The molecular weight excluding hydrogens is 550 g/mol. The van der Waals surface area contributed by atoms with Crippen LogP contribution in [0.4, 0.5) is 9.59 Å². The monoisotopic (exact) mass is 579 g/mol. The van der Waals surface area contributed by atoms with Gasteiger partial charge in [-0.05, 0) is 56.7 Å². The molecule has 2 amide bonds. The predicted octanol–water partition coefficient (Wildman–Crippen LogP) is 6.96. The third-order valence-corrected chi connectivity index (χ3v) is 8.32. The van der Waals surface area contributed by atoms with Crippen LogP contribution in [0.25, 0.3) is 22.3 Å². The van der Waals surface area contributed by atoms with Gasteiger partial charge in [-0.1, -0.05) is 97.1 Å². The van der Waals surface area contributed by atoms with E-state index in [-0.39, 0.29) is 37.2 Å². The fraction of sp³-hybridized carbons (Fsp3) is 0.206. The van der Waals surface area contributed by atoms with Crippen molar-refractivity contribution in [2.24, 2.45) is 0 Å². The van der Waals surface area contributed by atoms with Gasteiger partial charge in [0.15, 0.2) is 0 Å².